The van der Waals surface area contributed by atoms with Gasteiger partial charge < -0.3 is 15.4 Å². The Hall–Kier alpha value is -1.62. The molecule has 0 saturated heterocycles. The fourth-order valence-electron chi connectivity index (χ4n) is 2.16. The molecule has 4 nitrogen and oxygen atoms in total. The number of thiocarbonyl (C=S) groups is 1. The van der Waals surface area contributed by atoms with E-state index in [4.69, 9.17) is 22.7 Å². The molecule has 1 saturated carbocycles. The van der Waals surface area contributed by atoms with Crippen LogP contribution in [0.15, 0.2) is 24.3 Å². The quantitative estimate of drug-likeness (QED) is 0.780. The summed E-state index contributed by atoms with van der Waals surface area (Å²) in [5.74, 6) is 0.749. The van der Waals surface area contributed by atoms with E-state index in [2.05, 4.69) is 0 Å². The molecule has 0 aliphatic heterocycles. The van der Waals surface area contributed by atoms with Crippen molar-refractivity contribution >= 4 is 23.1 Å². The second-order valence-electron chi connectivity index (χ2n) is 4.99. The fourth-order valence-corrected chi connectivity index (χ4v) is 2.32. The molecule has 0 radical (unpaired) electrons. The number of rotatable bonds is 7. The second-order valence-corrected chi connectivity index (χ2v) is 5.51. The van der Waals surface area contributed by atoms with Crippen LogP contribution < -0.4 is 10.5 Å². The van der Waals surface area contributed by atoms with Gasteiger partial charge >= 0.3 is 0 Å². The molecule has 20 heavy (non-hydrogen) atoms. The number of carbonyl (C=O) groups excluding carboxylic acids is 1. The molecular formula is C15H20N2O2S. The molecule has 1 amide bonds. The zero-order valence-electron chi connectivity index (χ0n) is 11.7. The van der Waals surface area contributed by atoms with E-state index in [0.29, 0.717) is 23.2 Å². The maximum Gasteiger partial charge on any atom is 0.260 e. The molecule has 0 aromatic heterocycles. The van der Waals surface area contributed by atoms with Crippen molar-refractivity contribution in [2.75, 3.05) is 13.2 Å². The highest BCUT2D eigenvalue weighted by Gasteiger charge is 2.31. The highest BCUT2D eigenvalue weighted by Crippen LogP contribution is 2.26. The zero-order valence-corrected chi connectivity index (χ0v) is 12.5. The first-order valence-corrected chi connectivity index (χ1v) is 7.30. The van der Waals surface area contributed by atoms with Crippen LogP contribution in [0.1, 0.15) is 25.3 Å². The van der Waals surface area contributed by atoms with Crippen molar-refractivity contribution in [3.8, 4) is 5.75 Å². The van der Waals surface area contributed by atoms with Gasteiger partial charge in [-0.05, 0) is 37.5 Å². The minimum Gasteiger partial charge on any atom is -0.484 e. The number of carbonyl (C=O) groups is 1. The average molecular weight is 292 g/mol. The maximum absolute atomic E-state index is 12.0. The Morgan fingerprint density at radius 3 is 2.55 bits per heavy atom. The minimum absolute atomic E-state index is 0.0576. The molecule has 2 N–H and O–H groups in total. The van der Waals surface area contributed by atoms with E-state index in [1.54, 1.807) is 0 Å². The number of likely N-dealkylation sites (N-methyl/N-ethyl adjacent to an activating group) is 1. The summed E-state index contributed by atoms with van der Waals surface area (Å²) in [6, 6.07) is 7.95. The van der Waals surface area contributed by atoms with E-state index in [9.17, 15) is 4.79 Å². The topological polar surface area (TPSA) is 55.6 Å². The van der Waals surface area contributed by atoms with Crippen LogP contribution in [0.4, 0.5) is 0 Å². The molecule has 1 aliphatic rings. The minimum atomic E-state index is 0.0576. The van der Waals surface area contributed by atoms with E-state index in [1.807, 2.05) is 36.1 Å². The first-order chi connectivity index (χ1) is 9.60. The average Bonchev–Trinajstić information content (AvgIpc) is 3.23. The zero-order chi connectivity index (χ0) is 14.5. The fraction of sp³-hybridized carbons (Fsp3) is 0.467. The summed E-state index contributed by atoms with van der Waals surface area (Å²) in [5.41, 5.74) is 6.54. The van der Waals surface area contributed by atoms with E-state index >= 15 is 0 Å². The van der Waals surface area contributed by atoms with Crippen molar-refractivity contribution in [3.63, 3.8) is 0 Å². The van der Waals surface area contributed by atoms with Gasteiger partial charge in [-0.15, -0.1) is 0 Å². The standard InChI is InChI=1S/C15H20N2O2S/c1-2-17(12-5-6-12)15(18)10-19-13-7-3-11(4-8-13)9-14(16)20/h3-4,7-8,12H,2,5-6,9-10H2,1H3,(H2,16,20). The number of nitrogens with two attached hydrogens (primary N) is 1. The monoisotopic (exact) mass is 292 g/mol. The molecule has 0 atom stereocenters. The Bertz CT molecular complexity index is 483. The van der Waals surface area contributed by atoms with Crippen molar-refractivity contribution in [1.29, 1.82) is 0 Å². The van der Waals surface area contributed by atoms with Crippen LogP contribution in [0.3, 0.4) is 0 Å². The number of hydrogen-bond donors (Lipinski definition) is 1. The lowest BCUT2D eigenvalue weighted by Gasteiger charge is -2.20. The molecule has 1 aliphatic carbocycles. The van der Waals surface area contributed by atoms with E-state index < -0.39 is 0 Å². The van der Waals surface area contributed by atoms with Crippen LogP contribution in [0.25, 0.3) is 0 Å². The number of nitrogens with zero attached hydrogens (tertiary/aromatic N) is 1. The van der Waals surface area contributed by atoms with E-state index in [-0.39, 0.29) is 12.5 Å². The third-order valence-electron chi connectivity index (χ3n) is 3.31. The van der Waals surface area contributed by atoms with E-state index in [0.717, 1.165) is 24.9 Å². The molecule has 1 aromatic carbocycles. The summed E-state index contributed by atoms with van der Waals surface area (Å²) in [6.45, 7) is 2.85. The van der Waals surface area contributed by atoms with Crippen LogP contribution in [-0.4, -0.2) is 35.0 Å². The largest absolute Gasteiger partial charge is 0.484 e. The summed E-state index contributed by atoms with van der Waals surface area (Å²) < 4.78 is 5.53. The molecule has 0 heterocycles. The Morgan fingerprint density at radius 2 is 2.05 bits per heavy atom. The number of amides is 1. The van der Waals surface area contributed by atoms with Gasteiger partial charge in [-0.2, -0.15) is 0 Å². The van der Waals surface area contributed by atoms with Gasteiger partial charge in [0.05, 0.1) is 4.99 Å². The Balaban J connectivity index is 1.84. The van der Waals surface area contributed by atoms with Crippen LogP contribution in [0, 0.1) is 0 Å². The highest BCUT2D eigenvalue weighted by atomic mass is 32.1. The number of benzene rings is 1. The van der Waals surface area contributed by atoms with Crippen LogP contribution >= 0.6 is 12.2 Å². The van der Waals surface area contributed by atoms with Gasteiger partial charge in [0.1, 0.15) is 5.75 Å². The molecule has 0 bridgehead atoms. The molecule has 108 valence electrons. The Kier molecular flexibility index (Phi) is 4.95. The van der Waals surface area contributed by atoms with Gasteiger partial charge in [0.2, 0.25) is 0 Å². The first kappa shape index (κ1) is 14.8. The normalized spacial score (nSPS) is 13.8. The Labute approximate surface area is 124 Å². The first-order valence-electron chi connectivity index (χ1n) is 6.89. The molecule has 0 unspecified atom stereocenters. The van der Waals surface area contributed by atoms with Gasteiger partial charge in [0, 0.05) is 19.0 Å². The lowest BCUT2D eigenvalue weighted by atomic mass is 10.1. The SMILES string of the molecule is CCN(C(=O)COc1ccc(CC(N)=S)cc1)C1CC1. The van der Waals surface area contributed by atoms with E-state index in [1.165, 1.54) is 0 Å². The highest BCUT2D eigenvalue weighted by molar-refractivity contribution is 7.80. The van der Waals surface area contributed by atoms with Crippen LogP contribution in [-0.2, 0) is 11.2 Å². The predicted molar refractivity (Wildman–Crippen MR) is 82.8 cm³/mol. The van der Waals surface area contributed by atoms with Crippen molar-refractivity contribution in [3.05, 3.63) is 29.8 Å². The summed E-state index contributed by atoms with van der Waals surface area (Å²) in [4.78, 5) is 14.4. The van der Waals surface area contributed by atoms with Crippen LogP contribution in [0.2, 0.25) is 0 Å². The van der Waals surface area contributed by atoms with Crippen molar-refractivity contribution in [2.45, 2.75) is 32.2 Å². The van der Waals surface area contributed by atoms with Gasteiger partial charge in [0.15, 0.2) is 6.61 Å². The predicted octanol–water partition coefficient (Wildman–Crippen LogP) is 1.90. The summed E-state index contributed by atoms with van der Waals surface area (Å²) in [6.07, 6.45) is 2.82. The van der Waals surface area contributed by atoms with Gasteiger partial charge in [0.25, 0.3) is 5.91 Å². The van der Waals surface area contributed by atoms with Gasteiger partial charge in [-0.25, -0.2) is 0 Å². The van der Waals surface area contributed by atoms with Crippen LogP contribution in [0.5, 0.6) is 5.75 Å². The molecule has 1 fully saturated rings. The molecular weight excluding hydrogens is 272 g/mol. The lowest BCUT2D eigenvalue weighted by molar-refractivity contribution is -0.133. The molecule has 2 rings (SSSR count). The number of hydrogen-bond acceptors (Lipinski definition) is 3. The third kappa shape index (κ3) is 4.20. The van der Waals surface area contributed by atoms with Crippen molar-refractivity contribution < 1.29 is 9.53 Å². The summed E-state index contributed by atoms with van der Waals surface area (Å²) in [5, 5.41) is 0. The Morgan fingerprint density at radius 1 is 1.40 bits per heavy atom. The summed E-state index contributed by atoms with van der Waals surface area (Å²) in [7, 11) is 0. The number of ether oxygens (including phenoxy) is 1. The lowest BCUT2D eigenvalue weighted by Crippen LogP contribution is -2.36. The smallest absolute Gasteiger partial charge is 0.260 e. The van der Waals surface area contributed by atoms with Gasteiger partial charge in [-0.1, -0.05) is 24.4 Å². The summed E-state index contributed by atoms with van der Waals surface area (Å²) >= 11 is 4.86. The van der Waals surface area contributed by atoms with Gasteiger partial charge in [-0.3, -0.25) is 4.79 Å². The van der Waals surface area contributed by atoms with Crippen molar-refractivity contribution in [2.24, 2.45) is 5.73 Å². The molecule has 0 spiro atoms. The second kappa shape index (κ2) is 6.70. The van der Waals surface area contributed by atoms with Crippen molar-refractivity contribution in [1.82, 2.24) is 4.90 Å². The third-order valence-corrected chi connectivity index (χ3v) is 3.46. The molecule has 5 heteroatoms. The molecule has 1 aromatic rings. The maximum atomic E-state index is 12.0.